The molecule has 84 valence electrons. The van der Waals surface area contributed by atoms with E-state index in [1.807, 2.05) is 12.3 Å². The first-order chi connectivity index (χ1) is 7.29. The summed E-state index contributed by atoms with van der Waals surface area (Å²) in [6, 6.07) is 4.05. The molecule has 0 unspecified atom stereocenters. The number of anilines is 1. The molecule has 0 fully saturated rings. The zero-order chi connectivity index (χ0) is 11.1. The molecule has 0 saturated carbocycles. The van der Waals surface area contributed by atoms with Crippen molar-refractivity contribution in [2.24, 2.45) is 0 Å². The minimum absolute atomic E-state index is 0.792. The van der Waals surface area contributed by atoms with Gasteiger partial charge in [0.05, 0.1) is 0 Å². The summed E-state index contributed by atoms with van der Waals surface area (Å²) in [7, 11) is 3.79. The SMILES string of the molecule is COCCCN(C)c1ncccc1CBr. The number of hydrogen-bond acceptors (Lipinski definition) is 3. The fourth-order valence-electron chi connectivity index (χ4n) is 1.43. The maximum atomic E-state index is 5.03. The van der Waals surface area contributed by atoms with Crippen LogP contribution in [0, 0.1) is 0 Å². The second kappa shape index (κ2) is 6.80. The Morgan fingerprint density at radius 2 is 2.33 bits per heavy atom. The summed E-state index contributed by atoms with van der Waals surface area (Å²) in [6.07, 6.45) is 2.85. The maximum Gasteiger partial charge on any atom is 0.132 e. The van der Waals surface area contributed by atoms with E-state index in [-0.39, 0.29) is 0 Å². The molecule has 1 aromatic rings. The fraction of sp³-hybridized carbons (Fsp3) is 0.545. The van der Waals surface area contributed by atoms with Crippen LogP contribution in [0.4, 0.5) is 5.82 Å². The molecular formula is C11H17BrN2O. The minimum atomic E-state index is 0.792. The second-order valence-electron chi connectivity index (χ2n) is 3.39. The molecule has 0 aliphatic carbocycles. The molecule has 0 spiro atoms. The molecule has 0 bridgehead atoms. The summed E-state index contributed by atoms with van der Waals surface area (Å²) in [5.74, 6) is 1.05. The molecule has 0 atom stereocenters. The van der Waals surface area contributed by atoms with Gasteiger partial charge in [-0.2, -0.15) is 0 Å². The third-order valence-electron chi connectivity index (χ3n) is 2.22. The van der Waals surface area contributed by atoms with Crippen LogP contribution in [-0.2, 0) is 10.1 Å². The smallest absolute Gasteiger partial charge is 0.132 e. The number of ether oxygens (including phenoxy) is 1. The van der Waals surface area contributed by atoms with Gasteiger partial charge in [0.1, 0.15) is 5.82 Å². The van der Waals surface area contributed by atoms with Crippen LogP contribution >= 0.6 is 15.9 Å². The van der Waals surface area contributed by atoms with Gasteiger partial charge in [0.25, 0.3) is 0 Å². The second-order valence-corrected chi connectivity index (χ2v) is 3.95. The lowest BCUT2D eigenvalue weighted by Gasteiger charge is -2.20. The lowest BCUT2D eigenvalue weighted by atomic mass is 10.2. The zero-order valence-corrected chi connectivity index (χ0v) is 10.8. The van der Waals surface area contributed by atoms with Gasteiger partial charge in [-0.15, -0.1) is 0 Å². The Balaban J connectivity index is 2.59. The number of hydrogen-bond donors (Lipinski definition) is 0. The third-order valence-corrected chi connectivity index (χ3v) is 2.82. The summed E-state index contributed by atoms with van der Waals surface area (Å²) < 4.78 is 5.03. The monoisotopic (exact) mass is 272 g/mol. The predicted molar refractivity (Wildman–Crippen MR) is 66.6 cm³/mol. The molecule has 4 heteroatoms. The summed E-state index contributed by atoms with van der Waals surface area (Å²) in [5, 5.41) is 0.838. The van der Waals surface area contributed by atoms with Gasteiger partial charge in [-0.25, -0.2) is 4.98 Å². The van der Waals surface area contributed by atoms with Gasteiger partial charge in [0.15, 0.2) is 0 Å². The van der Waals surface area contributed by atoms with Crippen molar-refractivity contribution < 1.29 is 4.74 Å². The molecule has 3 nitrogen and oxygen atoms in total. The Morgan fingerprint density at radius 1 is 1.53 bits per heavy atom. The predicted octanol–water partition coefficient (Wildman–Crippen LogP) is 2.45. The standard InChI is InChI=1S/C11H17BrN2O/c1-14(7-4-8-15-2)11-10(9-12)5-3-6-13-11/h3,5-6H,4,7-9H2,1-2H3. The van der Waals surface area contributed by atoms with E-state index in [2.05, 4.69) is 38.9 Å². The zero-order valence-electron chi connectivity index (χ0n) is 9.24. The molecule has 0 saturated heterocycles. The van der Waals surface area contributed by atoms with Gasteiger partial charge in [-0.3, -0.25) is 0 Å². The van der Waals surface area contributed by atoms with E-state index < -0.39 is 0 Å². The lowest BCUT2D eigenvalue weighted by Crippen LogP contribution is -2.22. The first-order valence-electron chi connectivity index (χ1n) is 4.99. The summed E-state index contributed by atoms with van der Waals surface area (Å²) in [4.78, 5) is 6.55. The Hall–Kier alpha value is -0.610. The van der Waals surface area contributed by atoms with Crippen molar-refractivity contribution in [2.45, 2.75) is 11.8 Å². The van der Waals surface area contributed by atoms with Crippen LogP contribution in [-0.4, -0.2) is 32.3 Å². The number of nitrogens with zero attached hydrogens (tertiary/aromatic N) is 2. The van der Waals surface area contributed by atoms with Crippen molar-refractivity contribution in [2.75, 3.05) is 32.2 Å². The van der Waals surface area contributed by atoms with E-state index in [1.54, 1.807) is 7.11 Å². The number of halogens is 1. The summed E-state index contributed by atoms with van der Waals surface area (Å²) in [6.45, 7) is 1.76. The van der Waals surface area contributed by atoms with Crippen LogP contribution < -0.4 is 4.90 Å². The minimum Gasteiger partial charge on any atom is -0.385 e. The van der Waals surface area contributed by atoms with Crippen LogP contribution in [0.3, 0.4) is 0 Å². The first-order valence-corrected chi connectivity index (χ1v) is 6.11. The van der Waals surface area contributed by atoms with Gasteiger partial charge < -0.3 is 9.64 Å². The van der Waals surface area contributed by atoms with Crippen molar-refractivity contribution in [3.8, 4) is 0 Å². The number of alkyl halides is 1. The number of aromatic nitrogens is 1. The Labute approximate surface area is 99.6 Å². The van der Waals surface area contributed by atoms with Crippen molar-refractivity contribution in [3.05, 3.63) is 23.9 Å². The van der Waals surface area contributed by atoms with Crippen molar-refractivity contribution in [1.29, 1.82) is 0 Å². The molecule has 0 aromatic carbocycles. The molecule has 0 aliphatic rings. The average molecular weight is 273 g/mol. The Kier molecular flexibility index (Phi) is 5.65. The molecule has 15 heavy (non-hydrogen) atoms. The van der Waals surface area contributed by atoms with Gasteiger partial charge >= 0.3 is 0 Å². The highest BCUT2D eigenvalue weighted by Crippen LogP contribution is 2.18. The normalized spacial score (nSPS) is 10.3. The van der Waals surface area contributed by atoms with Gasteiger partial charge in [-0.05, 0) is 12.5 Å². The van der Waals surface area contributed by atoms with E-state index in [1.165, 1.54) is 5.56 Å². The maximum absolute atomic E-state index is 5.03. The number of methoxy groups -OCH3 is 1. The molecule has 1 rings (SSSR count). The van der Waals surface area contributed by atoms with Crippen LogP contribution in [0.2, 0.25) is 0 Å². The van der Waals surface area contributed by atoms with Crippen LogP contribution in [0.15, 0.2) is 18.3 Å². The summed E-state index contributed by atoms with van der Waals surface area (Å²) in [5.41, 5.74) is 1.22. The fourth-order valence-corrected chi connectivity index (χ4v) is 1.87. The highest BCUT2D eigenvalue weighted by Gasteiger charge is 2.06. The van der Waals surface area contributed by atoms with Gasteiger partial charge in [0.2, 0.25) is 0 Å². The average Bonchev–Trinajstić information content (AvgIpc) is 2.29. The van der Waals surface area contributed by atoms with E-state index in [9.17, 15) is 0 Å². The highest BCUT2D eigenvalue weighted by atomic mass is 79.9. The van der Waals surface area contributed by atoms with E-state index in [0.29, 0.717) is 0 Å². The molecule has 0 aliphatic heterocycles. The van der Waals surface area contributed by atoms with Crippen molar-refractivity contribution in [3.63, 3.8) is 0 Å². The lowest BCUT2D eigenvalue weighted by molar-refractivity contribution is 0.196. The molecule has 1 heterocycles. The largest absolute Gasteiger partial charge is 0.385 e. The number of pyridine rings is 1. The van der Waals surface area contributed by atoms with Gasteiger partial charge in [-0.1, -0.05) is 22.0 Å². The van der Waals surface area contributed by atoms with Crippen molar-refractivity contribution >= 4 is 21.7 Å². The molecule has 0 N–H and O–H groups in total. The van der Waals surface area contributed by atoms with E-state index >= 15 is 0 Å². The van der Waals surface area contributed by atoms with Crippen LogP contribution in [0.1, 0.15) is 12.0 Å². The first kappa shape index (κ1) is 12.5. The van der Waals surface area contributed by atoms with Crippen LogP contribution in [0.25, 0.3) is 0 Å². The molecule has 0 amide bonds. The number of rotatable bonds is 6. The molecule has 0 radical (unpaired) electrons. The third kappa shape index (κ3) is 3.80. The van der Waals surface area contributed by atoms with Gasteiger partial charge in [0, 0.05) is 44.4 Å². The quantitative estimate of drug-likeness (QED) is 0.588. The summed E-state index contributed by atoms with van der Waals surface area (Å²) >= 11 is 3.47. The van der Waals surface area contributed by atoms with E-state index in [0.717, 1.165) is 30.7 Å². The van der Waals surface area contributed by atoms with E-state index in [4.69, 9.17) is 4.74 Å². The Bertz CT molecular complexity index is 294. The molecule has 1 aromatic heterocycles. The Morgan fingerprint density at radius 3 is 3.00 bits per heavy atom. The highest BCUT2D eigenvalue weighted by molar-refractivity contribution is 9.08. The topological polar surface area (TPSA) is 25.4 Å². The van der Waals surface area contributed by atoms with Crippen LogP contribution in [0.5, 0.6) is 0 Å². The molecular weight excluding hydrogens is 256 g/mol. The van der Waals surface area contributed by atoms with Crippen molar-refractivity contribution in [1.82, 2.24) is 4.98 Å².